The lowest BCUT2D eigenvalue weighted by molar-refractivity contribution is 0.588. The fourth-order valence-corrected chi connectivity index (χ4v) is 5.18. The Labute approximate surface area is 202 Å². The van der Waals surface area contributed by atoms with E-state index < -0.39 is 0 Å². The highest BCUT2D eigenvalue weighted by Crippen LogP contribution is 2.40. The van der Waals surface area contributed by atoms with E-state index in [1.807, 2.05) is 48.5 Å². The van der Waals surface area contributed by atoms with Crippen LogP contribution in [0.25, 0.3) is 21.8 Å². The summed E-state index contributed by atoms with van der Waals surface area (Å²) >= 11 is 7.98. The number of rotatable bonds is 6. The summed E-state index contributed by atoms with van der Waals surface area (Å²) in [5.74, 6) is 0.595. The number of benzene rings is 2. The quantitative estimate of drug-likeness (QED) is 0.383. The van der Waals surface area contributed by atoms with E-state index in [-0.39, 0.29) is 6.04 Å². The number of piperazine rings is 1. The second-order valence-corrected chi connectivity index (χ2v) is 9.38. The number of hydrogen-bond acceptors (Lipinski definition) is 7. The third kappa shape index (κ3) is 5.00. The molecule has 1 atom stereocenters. The second-order valence-electron chi connectivity index (χ2n) is 7.96. The van der Waals surface area contributed by atoms with Gasteiger partial charge in [-0.2, -0.15) is 0 Å². The first-order valence-electron chi connectivity index (χ1n) is 11.0. The van der Waals surface area contributed by atoms with E-state index >= 15 is 0 Å². The molecule has 0 radical (unpaired) electrons. The Balaban J connectivity index is 1.51. The molecule has 2 aromatic carbocycles. The summed E-state index contributed by atoms with van der Waals surface area (Å²) in [5, 5.41) is 8.53. The van der Waals surface area contributed by atoms with Crippen molar-refractivity contribution in [3.05, 3.63) is 77.4 Å². The molecule has 0 saturated carbocycles. The molecule has 0 bridgehead atoms. The highest BCUT2D eigenvalue weighted by atomic mass is 35.5. The van der Waals surface area contributed by atoms with Crippen LogP contribution in [0.1, 0.15) is 18.5 Å². The first-order chi connectivity index (χ1) is 16.2. The van der Waals surface area contributed by atoms with Crippen molar-refractivity contribution in [1.82, 2.24) is 20.3 Å². The lowest BCUT2D eigenvalue weighted by atomic mass is 10.1. The number of aromatic nitrogens is 3. The zero-order valence-corrected chi connectivity index (χ0v) is 19.9. The van der Waals surface area contributed by atoms with Gasteiger partial charge in [-0.3, -0.25) is 0 Å². The average Bonchev–Trinajstić information content (AvgIpc) is 3.31. The predicted octanol–water partition coefficient (Wildman–Crippen LogP) is 5.50. The van der Waals surface area contributed by atoms with E-state index in [9.17, 15) is 0 Å². The van der Waals surface area contributed by atoms with Crippen molar-refractivity contribution in [2.45, 2.75) is 13.0 Å². The first-order valence-corrected chi connectivity index (χ1v) is 12.2. The lowest BCUT2D eigenvalue weighted by Gasteiger charge is -2.26. The molecule has 33 heavy (non-hydrogen) atoms. The van der Waals surface area contributed by atoms with Gasteiger partial charge in [-0.1, -0.05) is 65.4 Å². The Hall–Kier alpha value is -3.00. The molecule has 3 heterocycles. The Morgan fingerprint density at radius 1 is 1.03 bits per heavy atom. The number of nitrogens with zero attached hydrogens (tertiary/aromatic N) is 4. The molecule has 5 rings (SSSR count). The molecule has 1 unspecified atom stereocenters. The van der Waals surface area contributed by atoms with Gasteiger partial charge in [0.2, 0.25) is 5.95 Å². The SMILES string of the molecule is CC(Nc1nccc(-c2sc(N3CCNCC3)nc2-c2cccc(Cl)c2)n1)c1ccccc1. The van der Waals surface area contributed by atoms with Crippen molar-refractivity contribution in [3.8, 4) is 21.8 Å². The highest BCUT2D eigenvalue weighted by molar-refractivity contribution is 7.19. The molecule has 0 aliphatic carbocycles. The topological polar surface area (TPSA) is 66.0 Å². The monoisotopic (exact) mass is 476 g/mol. The Bertz CT molecular complexity index is 1220. The van der Waals surface area contributed by atoms with Crippen LogP contribution in [-0.4, -0.2) is 41.1 Å². The minimum Gasteiger partial charge on any atom is -0.348 e. The number of halogens is 1. The molecule has 2 aromatic heterocycles. The van der Waals surface area contributed by atoms with Crippen LogP contribution < -0.4 is 15.5 Å². The molecule has 2 N–H and O–H groups in total. The fraction of sp³-hybridized carbons (Fsp3) is 0.240. The van der Waals surface area contributed by atoms with Crippen molar-refractivity contribution in [2.24, 2.45) is 0 Å². The van der Waals surface area contributed by atoms with Crippen LogP contribution in [0.3, 0.4) is 0 Å². The molecule has 4 aromatic rings. The molecule has 8 heteroatoms. The van der Waals surface area contributed by atoms with Crippen LogP contribution in [0.15, 0.2) is 66.9 Å². The maximum atomic E-state index is 6.31. The van der Waals surface area contributed by atoms with Gasteiger partial charge in [-0.15, -0.1) is 0 Å². The van der Waals surface area contributed by atoms with Crippen molar-refractivity contribution in [2.75, 3.05) is 36.4 Å². The number of nitrogens with one attached hydrogen (secondary N) is 2. The van der Waals surface area contributed by atoms with Crippen molar-refractivity contribution >= 4 is 34.0 Å². The molecule has 1 aliphatic rings. The standard InChI is InChI=1S/C25H25ClN6S/c1-17(18-6-3-2-4-7-18)29-24-28-11-10-21(30-24)23-22(19-8-5-9-20(26)16-19)31-25(33-23)32-14-12-27-13-15-32/h2-11,16-17,27H,12-15H2,1H3,(H,28,29,30). The first kappa shape index (κ1) is 21.8. The molecule has 1 fully saturated rings. The van der Waals surface area contributed by atoms with Crippen molar-refractivity contribution in [1.29, 1.82) is 0 Å². The van der Waals surface area contributed by atoms with Crippen LogP contribution in [0, 0.1) is 0 Å². The van der Waals surface area contributed by atoms with Gasteiger partial charge in [0.25, 0.3) is 0 Å². The normalized spacial score (nSPS) is 14.8. The summed E-state index contributed by atoms with van der Waals surface area (Å²) in [6, 6.07) is 20.2. The summed E-state index contributed by atoms with van der Waals surface area (Å²) in [5.41, 5.74) is 3.92. The average molecular weight is 477 g/mol. The number of hydrogen-bond donors (Lipinski definition) is 2. The minimum atomic E-state index is 0.0896. The lowest BCUT2D eigenvalue weighted by Crippen LogP contribution is -2.43. The number of anilines is 2. The fourth-order valence-electron chi connectivity index (χ4n) is 3.88. The molecule has 6 nitrogen and oxygen atoms in total. The van der Waals surface area contributed by atoms with E-state index in [0.717, 1.165) is 53.1 Å². The van der Waals surface area contributed by atoms with Crippen LogP contribution in [0.4, 0.5) is 11.1 Å². The zero-order chi connectivity index (χ0) is 22.6. The summed E-state index contributed by atoms with van der Waals surface area (Å²) in [4.78, 5) is 17.7. The summed E-state index contributed by atoms with van der Waals surface area (Å²) in [6.45, 7) is 5.90. The van der Waals surface area contributed by atoms with Gasteiger partial charge in [0.1, 0.15) is 0 Å². The minimum absolute atomic E-state index is 0.0896. The molecular formula is C25H25ClN6S. The van der Waals surface area contributed by atoms with E-state index in [2.05, 4.69) is 39.6 Å². The number of thiazole rings is 1. The van der Waals surface area contributed by atoms with Crippen LogP contribution >= 0.6 is 22.9 Å². The highest BCUT2D eigenvalue weighted by Gasteiger charge is 2.21. The Morgan fingerprint density at radius 2 is 1.85 bits per heavy atom. The largest absolute Gasteiger partial charge is 0.348 e. The summed E-state index contributed by atoms with van der Waals surface area (Å²) in [7, 11) is 0. The zero-order valence-electron chi connectivity index (χ0n) is 18.3. The predicted molar refractivity (Wildman–Crippen MR) is 137 cm³/mol. The van der Waals surface area contributed by atoms with Gasteiger partial charge in [-0.25, -0.2) is 15.0 Å². The molecule has 168 valence electrons. The van der Waals surface area contributed by atoms with Crippen molar-refractivity contribution < 1.29 is 0 Å². The van der Waals surface area contributed by atoms with E-state index in [1.54, 1.807) is 17.5 Å². The second kappa shape index (κ2) is 9.87. The van der Waals surface area contributed by atoms with Crippen LogP contribution in [0.5, 0.6) is 0 Å². The van der Waals surface area contributed by atoms with E-state index in [1.165, 1.54) is 5.56 Å². The van der Waals surface area contributed by atoms with Gasteiger partial charge in [-0.05, 0) is 30.7 Å². The van der Waals surface area contributed by atoms with Gasteiger partial charge >= 0.3 is 0 Å². The summed E-state index contributed by atoms with van der Waals surface area (Å²) < 4.78 is 0. The van der Waals surface area contributed by atoms with Gasteiger partial charge in [0, 0.05) is 43.0 Å². The maximum absolute atomic E-state index is 6.31. The molecule has 0 amide bonds. The van der Waals surface area contributed by atoms with E-state index in [0.29, 0.717) is 11.0 Å². The third-order valence-electron chi connectivity index (χ3n) is 5.63. The van der Waals surface area contributed by atoms with Gasteiger partial charge in [0.15, 0.2) is 5.13 Å². The van der Waals surface area contributed by atoms with E-state index in [4.69, 9.17) is 21.6 Å². The Morgan fingerprint density at radius 3 is 2.64 bits per heavy atom. The van der Waals surface area contributed by atoms with Crippen LogP contribution in [0.2, 0.25) is 5.02 Å². The van der Waals surface area contributed by atoms with Crippen molar-refractivity contribution in [3.63, 3.8) is 0 Å². The smallest absolute Gasteiger partial charge is 0.223 e. The van der Waals surface area contributed by atoms with Crippen LogP contribution in [-0.2, 0) is 0 Å². The van der Waals surface area contributed by atoms with Gasteiger partial charge in [0.05, 0.1) is 22.3 Å². The Kier molecular flexibility index (Phi) is 6.53. The summed E-state index contributed by atoms with van der Waals surface area (Å²) in [6.07, 6.45) is 1.80. The molecule has 1 saturated heterocycles. The third-order valence-corrected chi connectivity index (χ3v) is 7.01. The molecule has 1 aliphatic heterocycles. The van der Waals surface area contributed by atoms with Gasteiger partial charge < -0.3 is 15.5 Å². The maximum Gasteiger partial charge on any atom is 0.223 e. The molecular weight excluding hydrogens is 452 g/mol. The molecule has 0 spiro atoms.